The summed E-state index contributed by atoms with van der Waals surface area (Å²) in [4.78, 5) is 30.8. The van der Waals surface area contributed by atoms with Gasteiger partial charge in [0.05, 0.1) is 5.56 Å². The SMILES string of the molecule is Cc1ccc(C(=O)O)cc1NC(=O)c1cc(/C=C\c2ccccc2)[nH]c(=S)n1. The van der Waals surface area contributed by atoms with Crippen molar-refractivity contribution >= 4 is 41.9 Å². The zero-order chi connectivity index (χ0) is 20.1. The molecule has 0 aliphatic heterocycles. The van der Waals surface area contributed by atoms with Gasteiger partial charge in [-0.25, -0.2) is 9.78 Å². The largest absolute Gasteiger partial charge is 0.478 e. The van der Waals surface area contributed by atoms with Gasteiger partial charge in [-0.15, -0.1) is 0 Å². The van der Waals surface area contributed by atoms with Gasteiger partial charge in [0.1, 0.15) is 5.69 Å². The Kier molecular flexibility index (Phi) is 5.76. The lowest BCUT2D eigenvalue weighted by molar-refractivity contribution is 0.0696. The summed E-state index contributed by atoms with van der Waals surface area (Å²) in [5.74, 6) is -1.54. The predicted octanol–water partition coefficient (Wildman–Crippen LogP) is 4.57. The molecule has 1 amide bonds. The summed E-state index contributed by atoms with van der Waals surface area (Å²) in [7, 11) is 0. The molecule has 2 aromatic carbocycles. The van der Waals surface area contributed by atoms with E-state index in [1.54, 1.807) is 25.1 Å². The number of carbonyl (C=O) groups excluding carboxylic acids is 1. The number of carboxylic acids is 1. The number of carbonyl (C=O) groups is 2. The maximum atomic E-state index is 12.6. The summed E-state index contributed by atoms with van der Waals surface area (Å²) in [6.07, 6.45) is 3.70. The second kappa shape index (κ2) is 8.41. The number of hydrogen-bond donors (Lipinski definition) is 3. The third-order valence-corrected chi connectivity index (χ3v) is 4.18. The molecule has 6 nitrogen and oxygen atoms in total. The minimum absolute atomic E-state index is 0.0886. The Morgan fingerprint density at radius 2 is 1.86 bits per heavy atom. The standard InChI is InChI=1S/C21H17N3O3S/c1-13-7-9-15(20(26)27)11-17(13)23-19(25)18-12-16(22-21(28)24-18)10-8-14-5-3-2-4-6-14/h2-12H,1H3,(H,23,25)(H,26,27)(H,22,24,28)/b10-8-. The Morgan fingerprint density at radius 3 is 2.57 bits per heavy atom. The minimum Gasteiger partial charge on any atom is -0.478 e. The summed E-state index contributed by atoms with van der Waals surface area (Å²) in [6, 6.07) is 15.8. The van der Waals surface area contributed by atoms with E-state index in [1.165, 1.54) is 12.1 Å². The van der Waals surface area contributed by atoms with Crippen LogP contribution in [0.3, 0.4) is 0 Å². The first-order valence-electron chi connectivity index (χ1n) is 8.42. The van der Waals surface area contributed by atoms with Crippen molar-refractivity contribution in [3.8, 4) is 0 Å². The van der Waals surface area contributed by atoms with Crippen molar-refractivity contribution in [1.82, 2.24) is 9.97 Å². The van der Waals surface area contributed by atoms with Crippen LogP contribution in [0, 0.1) is 11.7 Å². The van der Waals surface area contributed by atoms with Crippen molar-refractivity contribution in [3.05, 3.63) is 87.4 Å². The molecular formula is C21H17N3O3S. The van der Waals surface area contributed by atoms with E-state index in [2.05, 4.69) is 15.3 Å². The van der Waals surface area contributed by atoms with Crippen LogP contribution in [0.2, 0.25) is 0 Å². The van der Waals surface area contributed by atoms with Crippen molar-refractivity contribution in [2.75, 3.05) is 5.32 Å². The molecule has 1 aromatic heterocycles. The van der Waals surface area contributed by atoms with Gasteiger partial charge in [-0.2, -0.15) is 0 Å². The van der Waals surface area contributed by atoms with E-state index >= 15 is 0 Å². The number of nitrogens with one attached hydrogen (secondary N) is 2. The van der Waals surface area contributed by atoms with Gasteiger partial charge in [-0.3, -0.25) is 4.79 Å². The first-order chi connectivity index (χ1) is 13.4. The highest BCUT2D eigenvalue weighted by Crippen LogP contribution is 2.18. The van der Waals surface area contributed by atoms with Gasteiger partial charge in [-0.1, -0.05) is 42.5 Å². The lowest BCUT2D eigenvalue weighted by atomic mass is 10.1. The second-order valence-electron chi connectivity index (χ2n) is 6.06. The molecule has 140 valence electrons. The molecule has 0 unspecified atom stereocenters. The number of carboxylic acid groups (broad SMARTS) is 1. The fraction of sp³-hybridized carbons (Fsp3) is 0.0476. The number of aromatic nitrogens is 2. The molecule has 0 fully saturated rings. The Balaban J connectivity index is 1.86. The molecule has 3 N–H and O–H groups in total. The molecule has 0 spiro atoms. The summed E-state index contributed by atoms with van der Waals surface area (Å²) in [5, 5.41) is 11.8. The number of anilines is 1. The van der Waals surface area contributed by atoms with Crippen LogP contribution < -0.4 is 5.32 Å². The summed E-state index contributed by atoms with van der Waals surface area (Å²) in [5.41, 5.74) is 3.01. The van der Waals surface area contributed by atoms with Gasteiger partial charge >= 0.3 is 5.97 Å². The molecule has 7 heteroatoms. The number of hydrogen-bond acceptors (Lipinski definition) is 4. The van der Waals surface area contributed by atoms with Gasteiger partial charge < -0.3 is 15.4 Å². The third-order valence-electron chi connectivity index (χ3n) is 3.99. The monoisotopic (exact) mass is 391 g/mol. The molecule has 1 heterocycles. The predicted molar refractivity (Wildman–Crippen MR) is 111 cm³/mol. The molecule has 0 saturated carbocycles. The molecular weight excluding hydrogens is 374 g/mol. The van der Waals surface area contributed by atoms with Crippen LogP contribution in [0.15, 0.2) is 54.6 Å². The normalized spacial score (nSPS) is 10.8. The molecule has 0 atom stereocenters. The average molecular weight is 391 g/mol. The van der Waals surface area contributed by atoms with E-state index in [4.69, 9.17) is 17.3 Å². The molecule has 0 bridgehead atoms. The lowest BCUT2D eigenvalue weighted by Gasteiger charge is -2.09. The molecule has 3 aromatic rings. The maximum absolute atomic E-state index is 12.6. The van der Waals surface area contributed by atoms with Crippen LogP contribution in [-0.4, -0.2) is 27.0 Å². The third kappa shape index (κ3) is 4.77. The van der Waals surface area contributed by atoms with Crippen molar-refractivity contribution < 1.29 is 14.7 Å². The van der Waals surface area contributed by atoms with Gasteiger partial charge in [0.2, 0.25) is 0 Å². The van der Waals surface area contributed by atoms with E-state index in [0.29, 0.717) is 11.4 Å². The fourth-order valence-corrected chi connectivity index (χ4v) is 2.72. The zero-order valence-electron chi connectivity index (χ0n) is 15.0. The van der Waals surface area contributed by atoms with Crippen LogP contribution in [0.25, 0.3) is 12.2 Å². The van der Waals surface area contributed by atoms with Gasteiger partial charge in [-0.05, 0) is 54.5 Å². The van der Waals surface area contributed by atoms with Gasteiger partial charge in [0.15, 0.2) is 4.77 Å². The van der Waals surface area contributed by atoms with Crippen LogP contribution >= 0.6 is 12.2 Å². The van der Waals surface area contributed by atoms with Crippen molar-refractivity contribution in [2.45, 2.75) is 6.92 Å². The number of aryl methyl sites for hydroxylation is 1. The summed E-state index contributed by atoms with van der Waals surface area (Å²) >= 11 is 5.12. The number of aromatic carboxylic acids is 1. The van der Waals surface area contributed by atoms with Crippen LogP contribution in [0.4, 0.5) is 5.69 Å². The minimum atomic E-state index is -1.07. The second-order valence-corrected chi connectivity index (χ2v) is 6.45. The highest BCUT2D eigenvalue weighted by atomic mass is 32.1. The number of rotatable bonds is 5. The summed E-state index contributed by atoms with van der Waals surface area (Å²) < 4.78 is 0.177. The quantitative estimate of drug-likeness (QED) is 0.554. The molecule has 0 radical (unpaired) electrons. The Bertz CT molecular complexity index is 1120. The Hall–Kier alpha value is -3.58. The van der Waals surface area contributed by atoms with Crippen LogP contribution in [0.5, 0.6) is 0 Å². The lowest BCUT2D eigenvalue weighted by Crippen LogP contribution is -2.15. The Morgan fingerprint density at radius 1 is 1.11 bits per heavy atom. The van der Waals surface area contributed by atoms with Crippen LogP contribution in [0.1, 0.15) is 37.7 Å². The van der Waals surface area contributed by atoms with E-state index in [-0.39, 0.29) is 16.0 Å². The number of nitrogens with zero attached hydrogens (tertiary/aromatic N) is 1. The van der Waals surface area contributed by atoms with E-state index < -0.39 is 11.9 Å². The molecule has 0 saturated heterocycles. The van der Waals surface area contributed by atoms with E-state index in [9.17, 15) is 9.59 Å². The van der Waals surface area contributed by atoms with E-state index in [1.807, 2.05) is 36.4 Å². The fourth-order valence-electron chi connectivity index (χ4n) is 2.51. The molecule has 0 aliphatic carbocycles. The Labute approximate surface area is 166 Å². The topological polar surface area (TPSA) is 95.1 Å². The van der Waals surface area contributed by atoms with Crippen molar-refractivity contribution in [1.29, 1.82) is 0 Å². The molecule has 3 rings (SSSR count). The average Bonchev–Trinajstić information content (AvgIpc) is 2.68. The van der Waals surface area contributed by atoms with Crippen molar-refractivity contribution in [3.63, 3.8) is 0 Å². The summed E-state index contributed by atoms with van der Waals surface area (Å²) in [6.45, 7) is 1.78. The zero-order valence-corrected chi connectivity index (χ0v) is 15.8. The van der Waals surface area contributed by atoms with Gasteiger partial charge in [0.25, 0.3) is 5.91 Å². The molecule has 28 heavy (non-hydrogen) atoms. The first kappa shape index (κ1) is 19.2. The van der Waals surface area contributed by atoms with Crippen molar-refractivity contribution in [2.24, 2.45) is 0 Å². The highest BCUT2D eigenvalue weighted by molar-refractivity contribution is 7.71. The van der Waals surface area contributed by atoms with Crippen LogP contribution in [-0.2, 0) is 0 Å². The van der Waals surface area contributed by atoms with E-state index in [0.717, 1.165) is 11.1 Å². The first-order valence-corrected chi connectivity index (χ1v) is 8.83. The molecule has 0 aliphatic rings. The number of benzene rings is 2. The highest BCUT2D eigenvalue weighted by Gasteiger charge is 2.12. The number of aromatic amines is 1. The van der Waals surface area contributed by atoms with Gasteiger partial charge in [0, 0.05) is 11.4 Å². The number of amides is 1. The number of H-pyrrole nitrogens is 1. The maximum Gasteiger partial charge on any atom is 0.335 e. The smallest absolute Gasteiger partial charge is 0.335 e.